The molecule has 0 aliphatic rings. The highest BCUT2D eigenvalue weighted by molar-refractivity contribution is 9.10. The standard InChI is InChI=1S/C12H18BrN3O/c1-4-8(2)16(3)11-6-5-9(7-10(11)13)12(14)15-17/h5-8,17H,4H2,1-3H3,(H2,14,15). The zero-order valence-corrected chi connectivity index (χ0v) is 11.9. The summed E-state index contributed by atoms with van der Waals surface area (Å²) < 4.78 is 0.935. The van der Waals surface area contributed by atoms with E-state index in [-0.39, 0.29) is 5.84 Å². The van der Waals surface area contributed by atoms with Crippen LogP contribution in [-0.2, 0) is 0 Å². The Morgan fingerprint density at radius 1 is 1.59 bits per heavy atom. The molecule has 0 amide bonds. The molecule has 0 saturated heterocycles. The van der Waals surface area contributed by atoms with E-state index in [1.165, 1.54) is 0 Å². The van der Waals surface area contributed by atoms with Crippen molar-refractivity contribution in [3.8, 4) is 0 Å². The number of oxime groups is 1. The van der Waals surface area contributed by atoms with Gasteiger partial charge in [-0.25, -0.2) is 0 Å². The first-order valence-electron chi connectivity index (χ1n) is 5.51. The van der Waals surface area contributed by atoms with Crippen molar-refractivity contribution in [1.29, 1.82) is 0 Å². The molecule has 1 unspecified atom stereocenters. The summed E-state index contributed by atoms with van der Waals surface area (Å²) in [6.07, 6.45) is 1.07. The van der Waals surface area contributed by atoms with Crippen LogP contribution in [0.25, 0.3) is 0 Å². The number of amidine groups is 1. The molecule has 1 rings (SSSR count). The molecule has 4 nitrogen and oxygen atoms in total. The second-order valence-electron chi connectivity index (χ2n) is 4.02. The lowest BCUT2D eigenvalue weighted by Gasteiger charge is -2.27. The van der Waals surface area contributed by atoms with Crippen molar-refractivity contribution in [3.63, 3.8) is 0 Å². The van der Waals surface area contributed by atoms with Crippen LogP contribution in [0.4, 0.5) is 5.69 Å². The molecular formula is C12H18BrN3O. The summed E-state index contributed by atoms with van der Waals surface area (Å²) in [6, 6.07) is 6.11. The highest BCUT2D eigenvalue weighted by atomic mass is 79.9. The Bertz CT molecular complexity index is 420. The Hall–Kier alpha value is -1.23. The molecule has 1 aromatic rings. The minimum absolute atomic E-state index is 0.114. The number of hydrogen-bond acceptors (Lipinski definition) is 3. The average Bonchev–Trinajstić information content (AvgIpc) is 2.35. The zero-order chi connectivity index (χ0) is 13.0. The van der Waals surface area contributed by atoms with E-state index >= 15 is 0 Å². The quantitative estimate of drug-likeness (QED) is 0.389. The molecule has 17 heavy (non-hydrogen) atoms. The fourth-order valence-corrected chi connectivity index (χ4v) is 2.18. The van der Waals surface area contributed by atoms with Crippen LogP contribution < -0.4 is 10.6 Å². The van der Waals surface area contributed by atoms with Gasteiger partial charge in [0.05, 0.1) is 5.69 Å². The van der Waals surface area contributed by atoms with E-state index in [4.69, 9.17) is 10.9 Å². The van der Waals surface area contributed by atoms with Gasteiger partial charge >= 0.3 is 0 Å². The average molecular weight is 300 g/mol. The van der Waals surface area contributed by atoms with Crippen molar-refractivity contribution in [2.75, 3.05) is 11.9 Å². The van der Waals surface area contributed by atoms with Crippen LogP contribution in [0, 0.1) is 0 Å². The largest absolute Gasteiger partial charge is 0.409 e. The third-order valence-electron chi connectivity index (χ3n) is 2.98. The lowest BCUT2D eigenvalue weighted by molar-refractivity contribution is 0.318. The van der Waals surface area contributed by atoms with Crippen LogP contribution >= 0.6 is 15.9 Å². The number of hydrogen-bond donors (Lipinski definition) is 2. The van der Waals surface area contributed by atoms with Gasteiger partial charge in [-0.05, 0) is 47.5 Å². The van der Waals surface area contributed by atoms with Crippen LogP contribution in [-0.4, -0.2) is 24.1 Å². The van der Waals surface area contributed by atoms with Crippen LogP contribution in [0.5, 0.6) is 0 Å². The molecule has 1 aromatic carbocycles. The SMILES string of the molecule is CCC(C)N(C)c1ccc(/C(N)=N/O)cc1Br. The predicted octanol–water partition coefficient (Wildman–Crippen LogP) is 2.78. The third kappa shape index (κ3) is 3.12. The van der Waals surface area contributed by atoms with Crippen molar-refractivity contribution in [1.82, 2.24) is 0 Å². The van der Waals surface area contributed by atoms with Crippen LogP contribution in [0.3, 0.4) is 0 Å². The smallest absolute Gasteiger partial charge is 0.170 e. The van der Waals surface area contributed by atoms with Crippen molar-refractivity contribution in [2.24, 2.45) is 10.9 Å². The van der Waals surface area contributed by atoms with Crippen molar-refractivity contribution in [2.45, 2.75) is 26.3 Å². The molecule has 0 heterocycles. The van der Waals surface area contributed by atoms with Crippen molar-refractivity contribution in [3.05, 3.63) is 28.2 Å². The summed E-state index contributed by atoms with van der Waals surface area (Å²) in [5, 5.41) is 11.6. The number of benzene rings is 1. The zero-order valence-electron chi connectivity index (χ0n) is 10.3. The topological polar surface area (TPSA) is 61.8 Å². The van der Waals surface area contributed by atoms with Crippen LogP contribution in [0.15, 0.2) is 27.8 Å². The van der Waals surface area contributed by atoms with E-state index < -0.39 is 0 Å². The van der Waals surface area contributed by atoms with Gasteiger partial charge in [0.2, 0.25) is 0 Å². The molecular weight excluding hydrogens is 282 g/mol. The van der Waals surface area contributed by atoms with Gasteiger partial charge < -0.3 is 15.8 Å². The molecule has 0 saturated carbocycles. The molecule has 0 bridgehead atoms. The molecule has 3 N–H and O–H groups in total. The monoisotopic (exact) mass is 299 g/mol. The van der Waals surface area contributed by atoms with Gasteiger partial charge in [0, 0.05) is 23.1 Å². The number of rotatable bonds is 4. The Labute approximate surface area is 110 Å². The number of nitrogens with two attached hydrogens (primary N) is 1. The Morgan fingerprint density at radius 3 is 2.71 bits per heavy atom. The maximum Gasteiger partial charge on any atom is 0.170 e. The summed E-state index contributed by atoms with van der Waals surface area (Å²) in [6.45, 7) is 4.32. The van der Waals surface area contributed by atoms with Gasteiger partial charge in [-0.15, -0.1) is 0 Å². The van der Waals surface area contributed by atoms with Crippen LogP contribution in [0.1, 0.15) is 25.8 Å². The Morgan fingerprint density at radius 2 is 2.24 bits per heavy atom. The van der Waals surface area contributed by atoms with E-state index in [1.54, 1.807) is 0 Å². The van der Waals surface area contributed by atoms with E-state index in [0.29, 0.717) is 11.6 Å². The second kappa shape index (κ2) is 5.91. The minimum Gasteiger partial charge on any atom is -0.409 e. The molecule has 1 atom stereocenters. The molecule has 0 aliphatic carbocycles. The van der Waals surface area contributed by atoms with Crippen molar-refractivity contribution < 1.29 is 5.21 Å². The maximum atomic E-state index is 8.62. The first-order chi connectivity index (χ1) is 8.01. The number of nitrogens with zero attached hydrogens (tertiary/aromatic N) is 2. The van der Waals surface area contributed by atoms with Gasteiger partial charge in [-0.2, -0.15) is 0 Å². The van der Waals surface area contributed by atoms with E-state index in [2.05, 4.69) is 46.9 Å². The Kier molecular flexibility index (Phi) is 4.81. The Balaban J connectivity index is 3.05. The summed E-state index contributed by atoms with van der Waals surface area (Å²) in [4.78, 5) is 2.19. The van der Waals surface area contributed by atoms with E-state index in [0.717, 1.165) is 16.6 Å². The lowest BCUT2D eigenvalue weighted by Crippen LogP contribution is -2.28. The minimum atomic E-state index is 0.114. The molecule has 5 heteroatoms. The fraction of sp³-hybridized carbons (Fsp3) is 0.417. The highest BCUT2D eigenvalue weighted by Crippen LogP contribution is 2.28. The summed E-state index contributed by atoms with van der Waals surface area (Å²) in [7, 11) is 2.05. The molecule has 0 spiro atoms. The summed E-state index contributed by atoms with van der Waals surface area (Å²) in [5.74, 6) is 0.114. The summed E-state index contributed by atoms with van der Waals surface area (Å²) in [5.41, 5.74) is 7.33. The normalized spacial score (nSPS) is 13.5. The van der Waals surface area contributed by atoms with E-state index in [1.807, 2.05) is 18.2 Å². The number of halogens is 1. The molecule has 0 radical (unpaired) electrons. The van der Waals surface area contributed by atoms with Gasteiger partial charge in [0.25, 0.3) is 0 Å². The molecule has 0 fully saturated rings. The highest BCUT2D eigenvalue weighted by Gasteiger charge is 2.12. The molecule has 94 valence electrons. The fourth-order valence-electron chi connectivity index (χ4n) is 1.52. The van der Waals surface area contributed by atoms with Crippen molar-refractivity contribution >= 4 is 27.5 Å². The van der Waals surface area contributed by atoms with Gasteiger partial charge in [-0.1, -0.05) is 12.1 Å². The first kappa shape index (κ1) is 13.8. The van der Waals surface area contributed by atoms with Gasteiger partial charge in [0.15, 0.2) is 5.84 Å². The van der Waals surface area contributed by atoms with E-state index in [9.17, 15) is 0 Å². The maximum absolute atomic E-state index is 8.62. The third-order valence-corrected chi connectivity index (χ3v) is 3.62. The lowest BCUT2D eigenvalue weighted by atomic mass is 10.1. The summed E-state index contributed by atoms with van der Waals surface area (Å²) >= 11 is 3.51. The van der Waals surface area contributed by atoms with Gasteiger partial charge in [-0.3, -0.25) is 0 Å². The molecule has 0 aromatic heterocycles. The first-order valence-corrected chi connectivity index (χ1v) is 6.30. The predicted molar refractivity (Wildman–Crippen MR) is 74.8 cm³/mol. The number of anilines is 1. The second-order valence-corrected chi connectivity index (χ2v) is 4.87. The van der Waals surface area contributed by atoms with Crippen LogP contribution in [0.2, 0.25) is 0 Å². The molecule has 0 aliphatic heterocycles. The van der Waals surface area contributed by atoms with Gasteiger partial charge in [0.1, 0.15) is 0 Å².